The van der Waals surface area contributed by atoms with Gasteiger partial charge in [0.2, 0.25) is 0 Å². The van der Waals surface area contributed by atoms with Crippen LogP contribution in [0.1, 0.15) is 22.7 Å². The molecule has 1 atom stereocenters. The molecular weight excluding hydrogens is 259 g/mol. The van der Waals surface area contributed by atoms with Crippen molar-refractivity contribution in [2.45, 2.75) is 19.5 Å². The molecule has 1 heterocycles. The van der Waals surface area contributed by atoms with Gasteiger partial charge in [0.15, 0.2) is 0 Å². The van der Waals surface area contributed by atoms with Crippen molar-refractivity contribution >= 4 is 11.3 Å². The van der Waals surface area contributed by atoms with E-state index >= 15 is 0 Å². The highest BCUT2D eigenvalue weighted by Crippen LogP contribution is 2.24. The van der Waals surface area contributed by atoms with E-state index in [1.165, 1.54) is 11.6 Å². The van der Waals surface area contributed by atoms with Crippen molar-refractivity contribution in [3.63, 3.8) is 0 Å². The van der Waals surface area contributed by atoms with Gasteiger partial charge < -0.3 is 5.73 Å². The van der Waals surface area contributed by atoms with Gasteiger partial charge in [-0.25, -0.2) is 4.39 Å². The fraction of sp³-hybridized carbons (Fsp3) is 0.333. The summed E-state index contributed by atoms with van der Waals surface area (Å²) in [6, 6.07) is 7.04. The molecule has 1 unspecified atom stereocenters. The first-order valence-corrected chi connectivity index (χ1v) is 7.23. The molecule has 19 heavy (non-hydrogen) atoms. The molecule has 0 saturated carbocycles. The number of nitrogens with two attached hydrogens (primary N) is 1. The SMILES string of the molecule is Cc1ccc(F)cc1C(CN)N(C)Cc1ccsc1. The fourth-order valence-corrected chi connectivity index (χ4v) is 2.96. The van der Waals surface area contributed by atoms with E-state index in [1.807, 2.05) is 20.0 Å². The van der Waals surface area contributed by atoms with Crippen LogP contribution in [0.4, 0.5) is 4.39 Å². The van der Waals surface area contributed by atoms with Crippen molar-refractivity contribution in [3.8, 4) is 0 Å². The van der Waals surface area contributed by atoms with Crippen molar-refractivity contribution in [2.24, 2.45) is 5.73 Å². The highest BCUT2D eigenvalue weighted by molar-refractivity contribution is 7.07. The third-order valence-electron chi connectivity index (χ3n) is 3.37. The Morgan fingerprint density at radius 3 is 2.79 bits per heavy atom. The van der Waals surface area contributed by atoms with Crippen LogP contribution in [0.15, 0.2) is 35.0 Å². The van der Waals surface area contributed by atoms with Crippen LogP contribution in [0.25, 0.3) is 0 Å². The van der Waals surface area contributed by atoms with Crippen LogP contribution in [-0.2, 0) is 6.54 Å². The summed E-state index contributed by atoms with van der Waals surface area (Å²) in [6.07, 6.45) is 0. The normalized spacial score (nSPS) is 12.9. The van der Waals surface area contributed by atoms with E-state index in [-0.39, 0.29) is 11.9 Å². The molecule has 0 fully saturated rings. The van der Waals surface area contributed by atoms with E-state index in [0.717, 1.165) is 17.7 Å². The summed E-state index contributed by atoms with van der Waals surface area (Å²) >= 11 is 1.68. The van der Waals surface area contributed by atoms with Crippen molar-refractivity contribution in [1.29, 1.82) is 0 Å². The lowest BCUT2D eigenvalue weighted by Gasteiger charge is -2.28. The van der Waals surface area contributed by atoms with Crippen molar-refractivity contribution in [1.82, 2.24) is 4.90 Å². The van der Waals surface area contributed by atoms with Crippen molar-refractivity contribution in [3.05, 3.63) is 57.5 Å². The first-order valence-electron chi connectivity index (χ1n) is 6.29. The Hall–Kier alpha value is -1.23. The zero-order chi connectivity index (χ0) is 13.8. The second-order valence-electron chi connectivity index (χ2n) is 4.80. The molecule has 2 rings (SSSR count). The molecule has 0 aliphatic rings. The molecule has 2 nitrogen and oxygen atoms in total. The molecule has 0 aliphatic heterocycles. The number of benzene rings is 1. The second-order valence-corrected chi connectivity index (χ2v) is 5.58. The zero-order valence-corrected chi connectivity index (χ0v) is 12.1. The van der Waals surface area contributed by atoms with Crippen LogP contribution >= 0.6 is 11.3 Å². The first-order chi connectivity index (χ1) is 9.11. The minimum Gasteiger partial charge on any atom is -0.329 e. The molecule has 1 aromatic heterocycles. The molecule has 1 aromatic carbocycles. The maximum atomic E-state index is 13.4. The summed E-state index contributed by atoms with van der Waals surface area (Å²) in [4.78, 5) is 2.17. The molecular formula is C15H19FN2S. The van der Waals surface area contributed by atoms with E-state index in [2.05, 4.69) is 21.7 Å². The summed E-state index contributed by atoms with van der Waals surface area (Å²) in [5.41, 5.74) is 9.21. The molecule has 4 heteroatoms. The summed E-state index contributed by atoms with van der Waals surface area (Å²) in [7, 11) is 2.03. The minimum atomic E-state index is -0.206. The maximum absolute atomic E-state index is 13.4. The monoisotopic (exact) mass is 278 g/mol. The van der Waals surface area contributed by atoms with Gasteiger partial charge in [-0.2, -0.15) is 11.3 Å². The van der Waals surface area contributed by atoms with E-state index in [0.29, 0.717) is 6.54 Å². The molecule has 0 bridgehead atoms. The Kier molecular flexibility index (Phi) is 4.69. The van der Waals surface area contributed by atoms with Crippen LogP contribution < -0.4 is 5.73 Å². The number of halogens is 1. The van der Waals surface area contributed by atoms with Gasteiger partial charge in [-0.15, -0.1) is 0 Å². The minimum absolute atomic E-state index is 0.0376. The number of rotatable bonds is 5. The van der Waals surface area contributed by atoms with Crippen LogP contribution in [0.3, 0.4) is 0 Å². The number of hydrogen-bond donors (Lipinski definition) is 1. The number of thiophene rings is 1. The summed E-state index contributed by atoms with van der Waals surface area (Å²) in [5.74, 6) is -0.206. The molecule has 0 amide bonds. The average Bonchev–Trinajstić information content (AvgIpc) is 2.87. The molecule has 2 aromatic rings. The third kappa shape index (κ3) is 3.41. The van der Waals surface area contributed by atoms with E-state index in [4.69, 9.17) is 5.73 Å². The number of likely N-dealkylation sites (N-methyl/N-ethyl adjacent to an activating group) is 1. The van der Waals surface area contributed by atoms with Gasteiger partial charge in [0.1, 0.15) is 5.82 Å². The Balaban J connectivity index is 2.21. The Morgan fingerprint density at radius 1 is 1.37 bits per heavy atom. The van der Waals surface area contributed by atoms with Gasteiger partial charge in [0, 0.05) is 19.1 Å². The fourth-order valence-electron chi connectivity index (χ4n) is 2.30. The third-order valence-corrected chi connectivity index (χ3v) is 4.10. The summed E-state index contributed by atoms with van der Waals surface area (Å²) in [6.45, 7) is 3.29. The predicted octanol–water partition coefficient (Wildman–Crippen LogP) is 3.33. The largest absolute Gasteiger partial charge is 0.329 e. The molecule has 0 saturated heterocycles. The Morgan fingerprint density at radius 2 is 2.16 bits per heavy atom. The molecule has 0 aliphatic carbocycles. The lowest BCUT2D eigenvalue weighted by atomic mass is 9.99. The van der Waals surface area contributed by atoms with Crippen LogP contribution in [0, 0.1) is 12.7 Å². The quantitative estimate of drug-likeness (QED) is 0.909. The van der Waals surface area contributed by atoms with E-state index in [9.17, 15) is 4.39 Å². The van der Waals surface area contributed by atoms with Gasteiger partial charge in [-0.1, -0.05) is 6.07 Å². The summed E-state index contributed by atoms with van der Waals surface area (Å²) < 4.78 is 13.4. The number of aryl methyl sites for hydroxylation is 1. The highest BCUT2D eigenvalue weighted by Gasteiger charge is 2.18. The smallest absolute Gasteiger partial charge is 0.123 e. The van der Waals surface area contributed by atoms with E-state index < -0.39 is 0 Å². The average molecular weight is 278 g/mol. The van der Waals surface area contributed by atoms with Crippen LogP contribution in [0.5, 0.6) is 0 Å². The Bertz CT molecular complexity index is 525. The van der Waals surface area contributed by atoms with Gasteiger partial charge in [0.25, 0.3) is 0 Å². The van der Waals surface area contributed by atoms with Gasteiger partial charge in [-0.3, -0.25) is 4.90 Å². The lowest BCUT2D eigenvalue weighted by Crippen LogP contribution is -2.30. The molecule has 0 spiro atoms. The second kappa shape index (κ2) is 6.28. The van der Waals surface area contributed by atoms with Crippen LogP contribution in [-0.4, -0.2) is 18.5 Å². The highest BCUT2D eigenvalue weighted by atomic mass is 32.1. The first kappa shape index (κ1) is 14.2. The zero-order valence-electron chi connectivity index (χ0n) is 11.3. The number of nitrogens with zero attached hydrogens (tertiary/aromatic N) is 1. The molecule has 0 radical (unpaired) electrons. The van der Waals surface area contributed by atoms with Gasteiger partial charge >= 0.3 is 0 Å². The van der Waals surface area contributed by atoms with Crippen LogP contribution in [0.2, 0.25) is 0 Å². The number of hydrogen-bond acceptors (Lipinski definition) is 3. The lowest BCUT2D eigenvalue weighted by molar-refractivity contribution is 0.241. The Labute approximate surface area is 117 Å². The molecule has 2 N–H and O–H groups in total. The maximum Gasteiger partial charge on any atom is 0.123 e. The van der Waals surface area contributed by atoms with Crippen molar-refractivity contribution in [2.75, 3.05) is 13.6 Å². The van der Waals surface area contributed by atoms with Gasteiger partial charge in [-0.05, 0) is 59.6 Å². The predicted molar refractivity (Wildman–Crippen MR) is 78.7 cm³/mol. The van der Waals surface area contributed by atoms with E-state index in [1.54, 1.807) is 17.4 Å². The topological polar surface area (TPSA) is 29.3 Å². The van der Waals surface area contributed by atoms with Gasteiger partial charge in [0.05, 0.1) is 0 Å². The van der Waals surface area contributed by atoms with Crippen molar-refractivity contribution < 1.29 is 4.39 Å². The molecule has 102 valence electrons. The standard InChI is InChI=1S/C15H19FN2S/c1-11-3-4-13(16)7-14(11)15(8-17)18(2)9-12-5-6-19-10-12/h3-7,10,15H,8-9,17H2,1-2H3. The summed E-state index contributed by atoms with van der Waals surface area (Å²) in [5, 5.41) is 4.19.